The summed E-state index contributed by atoms with van der Waals surface area (Å²) < 4.78 is 4.60. The molecule has 0 aliphatic heterocycles. The second kappa shape index (κ2) is 4.75. The zero-order valence-corrected chi connectivity index (χ0v) is 7.62. The van der Waals surface area contributed by atoms with E-state index in [1.807, 2.05) is 0 Å². The summed E-state index contributed by atoms with van der Waals surface area (Å²) in [4.78, 5) is 19.9. The van der Waals surface area contributed by atoms with E-state index in [9.17, 15) is 14.9 Å². The highest BCUT2D eigenvalue weighted by molar-refractivity contribution is 5.68. The van der Waals surface area contributed by atoms with Gasteiger partial charge in [-0.25, -0.2) is 4.79 Å². The predicted octanol–water partition coefficient (Wildman–Crippen LogP) is 1.39. The Labute approximate surface area is 85.1 Å². The lowest BCUT2D eigenvalue weighted by Crippen LogP contribution is -2.16. The summed E-state index contributed by atoms with van der Waals surface area (Å²) >= 11 is 0. The van der Waals surface area contributed by atoms with Gasteiger partial charge in [0.05, 0.1) is 4.92 Å². The van der Waals surface area contributed by atoms with Crippen molar-refractivity contribution in [3.63, 3.8) is 0 Å². The van der Waals surface area contributed by atoms with Crippen molar-refractivity contribution in [2.24, 2.45) is 5.73 Å². The Morgan fingerprint density at radius 1 is 1.53 bits per heavy atom. The molecule has 1 amide bonds. The minimum absolute atomic E-state index is 0.244. The molecule has 0 heterocycles. The second-order valence-electron chi connectivity index (χ2n) is 2.59. The number of primary amides is 1. The number of ether oxygens (including phenoxy) is 1. The lowest BCUT2D eigenvalue weighted by Gasteiger charge is -2.00. The number of carbonyl (C=O) groups excluding carboxylic acids is 1. The van der Waals surface area contributed by atoms with Crippen LogP contribution in [0.3, 0.4) is 0 Å². The van der Waals surface area contributed by atoms with E-state index in [0.29, 0.717) is 5.56 Å². The first-order valence-corrected chi connectivity index (χ1v) is 3.97. The number of nitro groups is 1. The maximum absolute atomic E-state index is 10.4. The van der Waals surface area contributed by atoms with Crippen molar-refractivity contribution < 1.29 is 14.5 Å². The Morgan fingerprint density at radius 2 is 2.27 bits per heavy atom. The van der Waals surface area contributed by atoms with Crippen LogP contribution < -0.4 is 10.5 Å². The molecule has 0 atom stereocenters. The number of hydrogen-bond acceptors (Lipinski definition) is 4. The SMILES string of the molecule is NC(=O)Oc1cccc(C=C[N+](=O)[O-])c1. The van der Waals surface area contributed by atoms with Gasteiger partial charge in [-0.1, -0.05) is 12.1 Å². The Kier molecular flexibility index (Phi) is 3.39. The number of hydrogen-bond donors (Lipinski definition) is 1. The van der Waals surface area contributed by atoms with E-state index in [1.165, 1.54) is 18.2 Å². The van der Waals surface area contributed by atoms with Gasteiger partial charge in [0, 0.05) is 6.08 Å². The van der Waals surface area contributed by atoms with Gasteiger partial charge in [-0.3, -0.25) is 10.1 Å². The molecule has 15 heavy (non-hydrogen) atoms. The highest BCUT2D eigenvalue weighted by Crippen LogP contribution is 2.14. The fourth-order valence-electron chi connectivity index (χ4n) is 0.945. The van der Waals surface area contributed by atoms with Crippen molar-refractivity contribution in [2.45, 2.75) is 0 Å². The monoisotopic (exact) mass is 208 g/mol. The van der Waals surface area contributed by atoms with Crippen LogP contribution in [0.5, 0.6) is 5.75 Å². The lowest BCUT2D eigenvalue weighted by atomic mass is 10.2. The van der Waals surface area contributed by atoms with E-state index in [1.54, 1.807) is 12.1 Å². The van der Waals surface area contributed by atoms with Crippen LogP contribution in [-0.4, -0.2) is 11.0 Å². The first-order chi connectivity index (χ1) is 7.08. The minimum Gasteiger partial charge on any atom is -0.410 e. The molecule has 1 rings (SSSR count). The van der Waals surface area contributed by atoms with E-state index in [-0.39, 0.29) is 5.75 Å². The maximum atomic E-state index is 10.4. The third-order valence-corrected chi connectivity index (χ3v) is 1.47. The Balaban J connectivity index is 2.82. The molecule has 0 aliphatic carbocycles. The maximum Gasteiger partial charge on any atom is 0.409 e. The topological polar surface area (TPSA) is 95.5 Å². The molecule has 0 aromatic heterocycles. The molecule has 0 radical (unpaired) electrons. The van der Waals surface area contributed by atoms with Crippen LogP contribution in [0.4, 0.5) is 4.79 Å². The van der Waals surface area contributed by atoms with Gasteiger partial charge in [-0.05, 0) is 17.7 Å². The van der Waals surface area contributed by atoms with E-state index in [0.717, 1.165) is 6.20 Å². The van der Waals surface area contributed by atoms with Crippen LogP contribution in [0.2, 0.25) is 0 Å². The van der Waals surface area contributed by atoms with Gasteiger partial charge < -0.3 is 10.5 Å². The molecule has 1 aromatic rings. The van der Waals surface area contributed by atoms with Crippen molar-refractivity contribution in [3.05, 3.63) is 46.1 Å². The molecule has 0 bridgehead atoms. The number of amides is 1. The van der Waals surface area contributed by atoms with Gasteiger partial charge in [-0.15, -0.1) is 0 Å². The molecule has 0 saturated carbocycles. The van der Waals surface area contributed by atoms with Crippen molar-refractivity contribution >= 4 is 12.2 Å². The molecule has 0 saturated heterocycles. The second-order valence-corrected chi connectivity index (χ2v) is 2.59. The fourth-order valence-corrected chi connectivity index (χ4v) is 0.945. The van der Waals surface area contributed by atoms with Crippen LogP contribution in [0.15, 0.2) is 30.5 Å². The zero-order chi connectivity index (χ0) is 11.3. The van der Waals surface area contributed by atoms with Gasteiger partial charge in [-0.2, -0.15) is 0 Å². The third kappa shape index (κ3) is 3.90. The highest BCUT2D eigenvalue weighted by Gasteiger charge is 1.99. The first-order valence-electron chi connectivity index (χ1n) is 3.97. The number of benzene rings is 1. The summed E-state index contributed by atoms with van der Waals surface area (Å²) in [7, 11) is 0. The first kappa shape index (κ1) is 10.7. The number of carbonyl (C=O) groups is 1. The van der Waals surface area contributed by atoms with Crippen LogP contribution in [0.25, 0.3) is 6.08 Å². The third-order valence-electron chi connectivity index (χ3n) is 1.47. The fraction of sp³-hybridized carbons (Fsp3) is 0. The molecule has 78 valence electrons. The Hall–Kier alpha value is -2.37. The molecule has 6 nitrogen and oxygen atoms in total. The quantitative estimate of drug-likeness (QED) is 0.599. The van der Waals surface area contributed by atoms with Gasteiger partial charge in [0.25, 0.3) is 0 Å². The Bertz CT molecular complexity index is 414. The van der Waals surface area contributed by atoms with Crippen molar-refractivity contribution in [3.8, 4) is 5.75 Å². The van der Waals surface area contributed by atoms with Crippen LogP contribution in [0.1, 0.15) is 5.56 Å². The van der Waals surface area contributed by atoms with Gasteiger partial charge >= 0.3 is 6.09 Å². The predicted molar refractivity (Wildman–Crippen MR) is 52.7 cm³/mol. The molecule has 1 aromatic carbocycles. The molecule has 2 N–H and O–H groups in total. The summed E-state index contributed by atoms with van der Waals surface area (Å²) in [6, 6.07) is 6.21. The van der Waals surface area contributed by atoms with Gasteiger partial charge in [0.15, 0.2) is 0 Å². The minimum atomic E-state index is -0.926. The van der Waals surface area contributed by atoms with Crippen LogP contribution in [-0.2, 0) is 0 Å². The summed E-state index contributed by atoms with van der Waals surface area (Å²) in [6.45, 7) is 0. The molecular weight excluding hydrogens is 200 g/mol. The molecule has 0 fully saturated rings. The highest BCUT2D eigenvalue weighted by atomic mass is 16.6. The molecule has 0 unspecified atom stereocenters. The molecule has 6 heteroatoms. The smallest absolute Gasteiger partial charge is 0.409 e. The van der Waals surface area contributed by atoms with Crippen molar-refractivity contribution in [1.82, 2.24) is 0 Å². The molecular formula is C9H8N2O4. The number of nitrogens with zero attached hydrogens (tertiary/aromatic N) is 1. The van der Waals surface area contributed by atoms with Crippen molar-refractivity contribution in [1.29, 1.82) is 0 Å². The van der Waals surface area contributed by atoms with Gasteiger partial charge in [0.2, 0.25) is 6.20 Å². The lowest BCUT2D eigenvalue weighted by molar-refractivity contribution is -0.400. The average molecular weight is 208 g/mol. The average Bonchev–Trinajstić information content (AvgIpc) is 2.14. The summed E-state index contributed by atoms with van der Waals surface area (Å²) in [5, 5.41) is 10.0. The van der Waals surface area contributed by atoms with Crippen LogP contribution in [0, 0.1) is 10.1 Å². The normalized spacial score (nSPS) is 10.1. The van der Waals surface area contributed by atoms with E-state index >= 15 is 0 Å². The number of nitrogens with two attached hydrogens (primary N) is 1. The van der Waals surface area contributed by atoms with Crippen molar-refractivity contribution in [2.75, 3.05) is 0 Å². The zero-order valence-electron chi connectivity index (χ0n) is 7.62. The summed E-state index contributed by atoms with van der Waals surface area (Å²) in [5.74, 6) is 0.244. The van der Waals surface area contributed by atoms with Gasteiger partial charge in [0.1, 0.15) is 5.75 Å². The van der Waals surface area contributed by atoms with E-state index < -0.39 is 11.0 Å². The van der Waals surface area contributed by atoms with E-state index in [4.69, 9.17) is 5.73 Å². The van der Waals surface area contributed by atoms with E-state index in [2.05, 4.69) is 4.74 Å². The standard InChI is InChI=1S/C9H8N2O4/c10-9(12)15-8-3-1-2-7(6-8)4-5-11(13)14/h1-6H,(H2,10,12). The summed E-state index contributed by atoms with van der Waals surface area (Å²) in [5.41, 5.74) is 5.36. The number of rotatable bonds is 3. The summed E-state index contributed by atoms with van der Waals surface area (Å²) in [6.07, 6.45) is 1.16. The molecule has 0 aliphatic rings. The molecule has 0 spiro atoms. The van der Waals surface area contributed by atoms with Crippen LogP contribution >= 0.6 is 0 Å². The largest absolute Gasteiger partial charge is 0.410 e. The Morgan fingerprint density at radius 3 is 2.87 bits per heavy atom.